The number of amides is 1. The summed E-state index contributed by atoms with van der Waals surface area (Å²) in [6.45, 7) is 4.27. The van der Waals surface area contributed by atoms with Crippen LogP contribution in [0.25, 0.3) is 10.2 Å². The predicted molar refractivity (Wildman–Crippen MR) is 124 cm³/mol. The molecule has 1 amide bonds. The largest absolute Gasteiger partial charge is 0.493 e. The number of aromatic nitrogens is 1. The van der Waals surface area contributed by atoms with Gasteiger partial charge in [-0.15, -0.1) is 11.3 Å². The van der Waals surface area contributed by atoms with Gasteiger partial charge in [-0.1, -0.05) is 18.2 Å². The van der Waals surface area contributed by atoms with E-state index in [1.54, 1.807) is 25.6 Å². The minimum absolute atomic E-state index is 0.0493. The Morgan fingerprint density at radius 2 is 1.90 bits per heavy atom. The number of carbonyl (C=O) groups is 1. The average molecular weight is 440 g/mol. The molecule has 0 radical (unpaired) electrons. The number of carbonyl (C=O) groups excluding carboxylic acids is 1. The van der Waals surface area contributed by atoms with Crippen molar-refractivity contribution < 1.29 is 14.3 Å². The maximum Gasteiger partial charge on any atom is 0.237 e. The lowest BCUT2D eigenvalue weighted by Gasteiger charge is -2.34. The van der Waals surface area contributed by atoms with Crippen LogP contribution < -0.4 is 14.8 Å². The first-order valence-electron chi connectivity index (χ1n) is 10.7. The van der Waals surface area contributed by atoms with Crippen LogP contribution in [0.5, 0.6) is 11.5 Å². The van der Waals surface area contributed by atoms with E-state index in [0.29, 0.717) is 24.0 Å². The van der Waals surface area contributed by atoms with Crippen molar-refractivity contribution in [3.8, 4) is 11.5 Å². The van der Waals surface area contributed by atoms with E-state index in [2.05, 4.69) is 28.4 Å². The lowest BCUT2D eigenvalue weighted by atomic mass is 9.96. The highest BCUT2D eigenvalue weighted by Gasteiger charge is 2.28. The minimum atomic E-state index is -0.156. The quantitative estimate of drug-likeness (QED) is 0.598. The fraction of sp³-hybridized carbons (Fsp3) is 0.417. The van der Waals surface area contributed by atoms with Gasteiger partial charge >= 0.3 is 0 Å². The summed E-state index contributed by atoms with van der Waals surface area (Å²) in [6, 6.07) is 13.9. The molecule has 0 unspecified atom stereocenters. The van der Waals surface area contributed by atoms with Gasteiger partial charge in [-0.25, -0.2) is 4.98 Å². The lowest BCUT2D eigenvalue weighted by molar-refractivity contribution is -0.126. The van der Waals surface area contributed by atoms with Crippen LogP contribution in [0.15, 0.2) is 42.5 Å². The molecule has 1 aromatic heterocycles. The molecule has 1 saturated heterocycles. The van der Waals surface area contributed by atoms with Crippen molar-refractivity contribution >= 4 is 27.5 Å². The second kappa shape index (κ2) is 9.66. The number of nitrogens with one attached hydrogen (secondary N) is 1. The second-order valence-corrected chi connectivity index (χ2v) is 8.98. The Labute approximate surface area is 187 Å². The van der Waals surface area contributed by atoms with E-state index >= 15 is 0 Å². The molecule has 1 N–H and O–H groups in total. The van der Waals surface area contributed by atoms with Crippen LogP contribution in [0.3, 0.4) is 0 Å². The molecule has 7 heteroatoms. The van der Waals surface area contributed by atoms with Gasteiger partial charge in [-0.05, 0) is 62.7 Å². The number of thiazole rings is 1. The molecule has 1 atom stereocenters. The Morgan fingerprint density at radius 1 is 1.16 bits per heavy atom. The lowest BCUT2D eigenvalue weighted by Crippen LogP contribution is -2.47. The number of hydrogen-bond donors (Lipinski definition) is 1. The SMILES string of the molecule is COc1ccc(CNC(=O)[C@@H](C)N2CCC(c3nc4ccccc4s3)CC2)cc1OC. The van der Waals surface area contributed by atoms with E-state index in [4.69, 9.17) is 14.5 Å². The zero-order valence-electron chi connectivity index (χ0n) is 18.3. The summed E-state index contributed by atoms with van der Waals surface area (Å²) < 4.78 is 11.9. The van der Waals surface area contributed by atoms with Gasteiger partial charge < -0.3 is 14.8 Å². The number of benzene rings is 2. The van der Waals surface area contributed by atoms with Gasteiger partial charge in [0.05, 0.1) is 35.5 Å². The van der Waals surface area contributed by atoms with Crippen molar-refractivity contribution in [2.75, 3.05) is 27.3 Å². The molecule has 0 bridgehead atoms. The van der Waals surface area contributed by atoms with Gasteiger partial charge in [0.15, 0.2) is 11.5 Å². The number of hydrogen-bond acceptors (Lipinski definition) is 6. The number of rotatable bonds is 7. The molecule has 3 aromatic rings. The molecule has 6 nitrogen and oxygen atoms in total. The topological polar surface area (TPSA) is 63.7 Å². The van der Waals surface area contributed by atoms with Crippen molar-refractivity contribution in [1.29, 1.82) is 0 Å². The number of likely N-dealkylation sites (tertiary alicyclic amines) is 1. The molecule has 164 valence electrons. The summed E-state index contributed by atoms with van der Waals surface area (Å²) in [5.41, 5.74) is 2.07. The monoisotopic (exact) mass is 439 g/mol. The first-order chi connectivity index (χ1) is 15.1. The third kappa shape index (κ3) is 4.83. The normalized spacial score (nSPS) is 16.2. The maximum absolute atomic E-state index is 12.7. The molecule has 31 heavy (non-hydrogen) atoms. The number of methoxy groups -OCH3 is 2. The third-order valence-corrected chi connectivity index (χ3v) is 7.23. The summed E-state index contributed by atoms with van der Waals surface area (Å²) in [5, 5.41) is 4.29. The summed E-state index contributed by atoms with van der Waals surface area (Å²) >= 11 is 1.80. The Bertz CT molecular complexity index is 1010. The highest BCUT2D eigenvalue weighted by molar-refractivity contribution is 7.18. The van der Waals surface area contributed by atoms with Crippen LogP contribution in [-0.4, -0.2) is 49.1 Å². The standard InChI is InChI=1S/C24H29N3O3S/c1-16(23(28)25-15-17-8-9-20(29-2)21(14-17)30-3)27-12-10-18(11-13-27)24-26-19-6-4-5-7-22(19)31-24/h4-9,14,16,18H,10-13,15H2,1-3H3,(H,25,28)/t16-/m1/s1. The van der Waals surface area contributed by atoms with Crippen molar-refractivity contribution in [2.24, 2.45) is 0 Å². The fourth-order valence-corrected chi connectivity index (χ4v) is 5.23. The van der Waals surface area contributed by atoms with Crippen molar-refractivity contribution in [1.82, 2.24) is 15.2 Å². The van der Waals surface area contributed by atoms with Crippen LogP contribution in [0, 0.1) is 0 Å². The number of para-hydroxylation sites is 1. The summed E-state index contributed by atoms with van der Waals surface area (Å²) in [7, 11) is 3.22. The van der Waals surface area contributed by atoms with Crippen LogP contribution in [0.1, 0.15) is 36.3 Å². The maximum atomic E-state index is 12.7. The van der Waals surface area contributed by atoms with Crippen LogP contribution in [0.4, 0.5) is 0 Å². The van der Waals surface area contributed by atoms with E-state index in [1.807, 2.05) is 31.2 Å². The van der Waals surface area contributed by atoms with Crippen LogP contribution in [-0.2, 0) is 11.3 Å². The molecule has 1 aliphatic heterocycles. The number of fused-ring (bicyclic) bond motifs is 1. The zero-order chi connectivity index (χ0) is 21.8. The first kappa shape index (κ1) is 21.6. The molecule has 2 heterocycles. The third-order valence-electron chi connectivity index (χ3n) is 6.03. The molecular weight excluding hydrogens is 410 g/mol. The van der Waals surface area contributed by atoms with Gasteiger partial charge in [0.25, 0.3) is 0 Å². The van der Waals surface area contributed by atoms with Gasteiger partial charge in [-0.2, -0.15) is 0 Å². The summed E-state index contributed by atoms with van der Waals surface area (Å²) in [4.78, 5) is 19.8. The minimum Gasteiger partial charge on any atom is -0.493 e. The molecular formula is C24H29N3O3S. The fourth-order valence-electron chi connectivity index (χ4n) is 4.09. The molecule has 1 fully saturated rings. The second-order valence-electron chi connectivity index (χ2n) is 7.91. The van der Waals surface area contributed by atoms with Crippen LogP contribution >= 0.6 is 11.3 Å². The molecule has 0 aliphatic carbocycles. The average Bonchev–Trinajstić information content (AvgIpc) is 3.26. The van der Waals surface area contributed by atoms with E-state index in [0.717, 1.165) is 37.0 Å². The van der Waals surface area contributed by atoms with Crippen molar-refractivity contribution in [3.05, 3.63) is 53.0 Å². The Balaban J connectivity index is 1.30. The Hall–Kier alpha value is -2.64. The summed E-state index contributed by atoms with van der Waals surface area (Å²) in [5.74, 6) is 1.88. The number of nitrogens with zero attached hydrogens (tertiary/aromatic N) is 2. The highest BCUT2D eigenvalue weighted by atomic mass is 32.1. The van der Waals surface area contributed by atoms with Crippen LogP contribution in [0.2, 0.25) is 0 Å². The molecule has 0 spiro atoms. The Kier molecular flexibility index (Phi) is 6.73. The Morgan fingerprint density at radius 3 is 2.61 bits per heavy atom. The smallest absolute Gasteiger partial charge is 0.237 e. The predicted octanol–water partition coefficient (Wildman–Crippen LogP) is 4.20. The molecule has 2 aromatic carbocycles. The summed E-state index contributed by atoms with van der Waals surface area (Å²) in [6.07, 6.45) is 2.07. The number of piperidine rings is 1. The zero-order valence-corrected chi connectivity index (χ0v) is 19.1. The van der Waals surface area contributed by atoms with E-state index in [-0.39, 0.29) is 11.9 Å². The van der Waals surface area contributed by atoms with Crippen molar-refractivity contribution in [2.45, 2.75) is 38.3 Å². The van der Waals surface area contributed by atoms with E-state index < -0.39 is 0 Å². The molecule has 0 saturated carbocycles. The van der Waals surface area contributed by atoms with E-state index in [1.165, 1.54) is 9.71 Å². The van der Waals surface area contributed by atoms with E-state index in [9.17, 15) is 4.79 Å². The van der Waals surface area contributed by atoms with Gasteiger partial charge in [0.1, 0.15) is 0 Å². The van der Waals surface area contributed by atoms with Gasteiger partial charge in [0, 0.05) is 12.5 Å². The molecule has 4 rings (SSSR count). The first-order valence-corrected chi connectivity index (χ1v) is 11.5. The van der Waals surface area contributed by atoms with Gasteiger partial charge in [0.2, 0.25) is 5.91 Å². The molecule has 1 aliphatic rings. The van der Waals surface area contributed by atoms with Crippen molar-refractivity contribution in [3.63, 3.8) is 0 Å². The van der Waals surface area contributed by atoms with Gasteiger partial charge in [-0.3, -0.25) is 9.69 Å². The number of ether oxygens (including phenoxy) is 2. The highest BCUT2D eigenvalue weighted by Crippen LogP contribution is 2.34.